The van der Waals surface area contributed by atoms with Gasteiger partial charge in [0.1, 0.15) is 0 Å². The van der Waals surface area contributed by atoms with E-state index >= 15 is 0 Å². The number of hydrogen-bond donors (Lipinski definition) is 2. The lowest BCUT2D eigenvalue weighted by molar-refractivity contribution is -1.00. The molecule has 0 heterocycles. The van der Waals surface area contributed by atoms with Crippen molar-refractivity contribution in [3.63, 3.8) is 0 Å². The molecule has 0 saturated heterocycles. The highest BCUT2D eigenvalue weighted by atomic mass is 16.8. The van der Waals surface area contributed by atoms with Crippen LogP contribution in [0.25, 0.3) is 0 Å². The molecule has 0 spiro atoms. The lowest BCUT2D eigenvalue weighted by atomic mass is 10.4. The first kappa shape index (κ1) is 14.3. The van der Waals surface area contributed by atoms with E-state index in [0.717, 1.165) is 12.2 Å². The summed E-state index contributed by atoms with van der Waals surface area (Å²) in [7, 11) is 0. The molecule has 90 valence electrons. The van der Waals surface area contributed by atoms with Crippen LogP contribution in [0.5, 0.6) is 0 Å². The van der Waals surface area contributed by atoms with E-state index in [4.69, 9.17) is 9.94 Å². The highest BCUT2D eigenvalue weighted by Gasteiger charge is 2.01. The van der Waals surface area contributed by atoms with Gasteiger partial charge in [0.2, 0.25) is 0 Å². The van der Waals surface area contributed by atoms with Crippen molar-refractivity contribution in [3.05, 3.63) is 29.8 Å². The zero-order valence-corrected chi connectivity index (χ0v) is 8.88. The Hall–Kier alpha value is -1.70. The maximum Gasteiger partial charge on any atom is 0.336 e. The third-order valence-electron chi connectivity index (χ3n) is 1.10. The lowest BCUT2D eigenvalue weighted by Gasteiger charge is -2.04. The lowest BCUT2D eigenvalue weighted by Crippen LogP contribution is -2.99. The number of rotatable bonds is 5. The Morgan fingerprint density at radius 2 is 1.88 bits per heavy atom. The fraction of sp³-hybridized carbons (Fsp3) is 0.333. The standard InChI is InChI=1S/C9H13NO6/c1-7(2)16-9(12)4-3-8(11)15-6-5-10(13)14/h3-7,10,13H,1-2H3/b4-3+,6-5+. The van der Waals surface area contributed by atoms with E-state index in [-0.39, 0.29) is 6.10 Å². The number of carbonyl (C=O) groups excluding carboxylic acids is 2. The minimum atomic E-state index is -1.24. The van der Waals surface area contributed by atoms with Crippen molar-refractivity contribution >= 4 is 11.9 Å². The van der Waals surface area contributed by atoms with E-state index in [1.807, 2.05) is 0 Å². The Kier molecular flexibility index (Phi) is 6.77. The summed E-state index contributed by atoms with van der Waals surface area (Å²) in [6, 6.07) is 0. The average molecular weight is 231 g/mol. The molecule has 0 aliphatic carbocycles. The van der Waals surface area contributed by atoms with Crippen molar-refractivity contribution < 1.29 is 29.5 Å². The van der Waals surface area contributed by atoms with Crippen molar-refractivity contribution in [2.45, 2.75) is 20.0 Å². The Morgan fingerprint density at radius 1 is 1.31 bits per heavy atom. The SMILES string of the molecule is CC(C)OC(=O)/C=C/C(=O)O/C=C/[NH+]([O-])O. The van der Waals surface area contributed by atoms with Gasteiger partial charge in [0, 0.05) is 12.2 Å². The zero-order chi connectivity index (χ0) is 12.6. The molecule has 1 unspecified atom stereocenters. The van der Waals surface area contributed by atoms with Gasteiger partial charge in [0.25, 0.3) is 0 Å². The quantitative estimate of drug-likeness (QED) is 0.280. The van der Waals surface area contributed by atoms with Crippen molar-refractivity contribution in [1.82, 2.24) is 0 Å². The van der Waals surface area contributed by atoms with Crippen molar-refractivity contribution in [3.8, 4) is 0 Å². The van der Waals surface area contributed by atoms with Gasteiger partial charge in [-0.05, 0) is 13.8 Å². The predicted octanol–water partition coefficient (Wildman–Crippen LogP) is -0.719. The van der Waals surface area contributed by atoms with Crippen molar-refractivity contribution in [2.75, 3.05) is 0 Å². The fourth-order valence-corrected chi connectivity index (χ4v) is 0.606. The van der Waals surface area contributed by atoms with Crippen LogP contribution < -0.4 is 5.23 Å². The molecule has 0 saturated carbocycles. The van der Waals surface area contributed by atoms with Crippen LogP contribution in [0.3, 0.4) is 0 Å². The number of quaternary nitrogens is 1. The van der Waals surface area contributed by atoms with Gasteiger partial charge in [-0.3, -0.25) is 0 Å². The van der Waals surface area contributed by atoms with E-state index in [1.54, 1.807) is 13.8 Å². The number of ether oxygens (including phenoxy) is 2. The summed E-state index contributed by atoms with van der Waals surface area (Å²) in [6.07, 6.45) is 2.83. The molecule has 7 nitrogen and oxygen atoms in total. The molecule has 0 aliphatic heterocycles. The topological polar surface area (TPSA) is 100 Å². The average Bonchev–Trinajstić information content (AvgIpc) is 2.13. The normalized spacial score (nSPS) is 13.3. The van der Waals surface area contributed by atoms with Crippen molar-refractivity contribution in [1.29, 1.82) is 0 Å². The predicted molar refractivity (Wildman–Crippen MR) is 51.7 cm³/mol. The van der Waals surface area contributed by atoms with Gasteiger partial charge >= 0.3 is 11.9 Å². The van der Waals surface area contributed by atoms with E-state index in [9.17, 15) is 14.8 Å². The number of hydroxylamine groups is 2. The largest absolute Gasteiger partial charge is 0.595 e. The minimum absolute atomic E-state index is 0.278. The summed E-state index contributed by atoms with van der Waals surface area (Å²) >= 11 is 0. The molecule has 0 aliphatic rings. The molecule has 0 fully saturated rings. The van der Waals surface area contributed by atoms with Crippen molar-refractivity contribution in [2.24, 2.45) is 0 Å². The molecule has 0 bridgehead atoms. The molecular formula is C9H13NO6. The molecule has 0 aromatic rings. The molecule has 0 radical (unpaired) electrons. The third-order valence-corrected chi connectivity index (χ3v) is 1.10. The molecule has 2 N–H and O–H groups in total. The minimum Gasteiger partial charge on any atom is -0.595 e. The van der Waals surface area contributed by atoms with Gasteiger partial charge in [0.05, 0.1) is 6.10 Å². The van der Waals surface area contributed by atoms with Gasteiger partial charge < -0.3 is 14.7 Å². The van der Waals surface area contributed by atoms with E-state index in [2.05, 4.69) is 4.74 Å². The Labute approximate surface area is 92.1 Å². The van der Waals surface area contributed by atoms with Gasteiger partial charge in [-0.25, -0.2) is 14.8 Å². The fourth-order valence-electron chi connectivity index (χ4n) is 0.606. The molecule has 16 heavy (non-hydrogen) atoms. The van der Waals surface area contributed by atoms with Gasteiger partial charge in [-0.1, -0.05) is 0 Å². The number of hydrogen-bond acceptors (Lipinski definition) is 6. The van der Waals surface area contributed by atoms with Crippen LogP contribution in [0, 0.1) is 5.21 Å². The Bertz CT molecular complexity index is 294. The van der Waals surface area contributed by atoms with E-state index in [0.29, 0.717) is 12.5 Å². The smallest absolute Gasteiger partial charge is 0.336 e. The molecular weight excluding hydrogens is 218 g/mol. The summed E-state index contributed by atoms with van der Waals surface area (Å²) in [5.41, 5.74) is 0. The molecule has 0 amide bonds. The summed E-state index contributed by atoms with van der Waals surface area (Å²) in [6.45, 7) is 3.33. The summed E-state index contributed by atoms with van der Waals surface area (Å²) in [4.78, 5) is 21.8. The molecule has 0 aromatic carbocycles. The number of esters is 2. The number of carbonyl (C=O) groups is 2. The monoisotopic (exact) mass is 231 g/mol. The molecule has 0 aromatic heterocycles. The second-order valence-corrected chi connectivity index (χ2v) is 2.90. The number of nitrogens with one attached hydrogen (secondary N) is 1. The van der Waals surface area contributed by atoms with Crippen LogP contribution in [0.1, 0.15) is 13.8 Å². The van der Waals surface area contributed by atoms with Crippen LogP contribution in [0.2, 0.25) is 0 Å². The van der Waals surface area contributed by atoms with Crippen LogP contribution >= 0.6 is 0 Å². The third kappa shape index (κ3) is 8.88. The Balaban J connectivity index is 3.95. The first-order chi connectivity index (χ1) is 7.41. The highest BCUT2D eigenvalue weighted by Crippen LogP contribution is 1.91. The van der Waals surface area contributed by atoms with Gasteiger partial charge in [0.15, 0.2) is 12.5 Å². The van der Waals surface area contributed by atoms with Crippen LogP contribution in [0.15, 0.2) is 24.6 Å². The first-order valence-electron chi connectivity index (χ1n) is 4.40. The summed E-state index contributed by atoms with van der Waals surface area (Å²) in [5.74, 6) is -1.53. The first-order valence-corrected chi connectivity index (χ1v) is 4.40. The molecule has 1 atom stereocenters. The maximum absolute atomic E-state index is 10.9. The van der Waals surface area contributed by atoms with E-state index < -0.39 is 17.2 Å². The molecule has 7 heteroatoms. The molecule has 0 rings (SSSR count). The second kappa shape index (κ2) is 7.57. The zero-order valence-electron chi connectivity index (χ0n) is 8.88. The van der Waals surface area contributed by atoms with Crippen LogP contribution in [-0.2, 0) is 19.1 Å². The second-order valence-electron chi connectivity index (χ2n) is 2.90. The Morgan fingerprint density at radius 3 is 2.38 bits per heavy atom. The maximum atomic E-state index is 10.9. The van der Waals surface area contributed by atoms with Crippen LogP contribution in [0.4, 0.5) is 0 Å². The summed E-state index contributed by atoms with van der Waals surface area (Å²) < 4.78 is 9.01. The van der Waals surface area contributed by atoms with Gasteiger partial charge in [-0.15, -0.1) is 0 Å². The van der Waals surface area contributed by atoms with Gasteiger partial charge in [-0.2, -0.15) is 5.23 Å². The summed E-state index contributed by atoms with van der Waals surface area (Å²) in [5, 5.41) is 16.9. The van der Waals surface area contributed by atoms with E-state index in [1.165, 1.54) is 0 Å². The highest BCUT2D eigenvalue weighted by molar-refractivity contribution is 5.91. The van der Waals surface area contributed by atoms with Crippen LogP contribution in [-0.4, -0.2) is 23.2 Å².